The number of hydrogen-bond acceptors (Lipinski definition) is 3. The first-order valence-corrected chi connectivity index (χ1v) is 6.52. The van der Waals surface area contributed by atoms with Crippen molar-refractivity contribution in [1.82, 2.24) is 5.43 Å². The van der Waals surface area contributed by atoms with Crippen molar-refractivity contribution in [2.24, 2.45) is 5.84 Å². The smallest absolute Gasteiger partial charge is 0.126 e. The normalized spacial score (nSPS) is 12.2. The summed E-state index contributed by atoms with van der Waals surface area (Å²) in [6, 6.07) is 13.0. The van der Waals surface area contributed by atoms with Gasteiger partial charge in [-0.05, 0) is 41.8 Å². The van der Waals surface area contributed by atoms with Crippen molar-refractivity contribution in [1.29, 1.82) is 0 Å². The minimum Gasteiger partial charge on any atom is -0.378 e. The summed E-state index contributed by atoms with van der Waals surface area (Å²) < 4.78 is 13.7. The van der Waals surface area contributed by atoms with E-state index in [-0.39, 0.29) is 11.9 Å². The molecule has 2 aromatic carbocycles. The molecule has 0 heterocycles. The van der Waals surface area contributed by atoms with Crippen LogP contribution in [0.2, 0.25) is 0 Å². The first-order chi connectivity index (χ1) is 9.52. The number of halogens is 1. The van der Waals surface area contributed by atoms with Crippen molar-refractivity contribution in [3.8, 4) is 0 Å². The fraction of sp³-hybridized carbons (Fsp3) is 0.250. The predicted molar refractivity (Wildman–Crippen MR) is 81.1 cm³/mol. The summed E-state index contributed by atoms with van der Waals surface area (Å²) >= 11 is 0. The van der Waals surface area contributed by atoms with Gasteiger partial charge >= 0.3 is 0 Å². The standard InChI is InChI=1S/C16H20FN3/c1-11-7-8-13(10-15(11)17)16(19-18)12-5-4-6-14(9-12)20(2)3/h4-10,16,19H,18H2,1-3H3. The number of hydrogen-bond donors (Lipinski definition) is 2. The summed E-state index contributed by atoms with van der Waals surface area (Å²) in [6.45, 7) is 1.75. The average molecular weight is 273 g/mol. The van der Waals surface area contributed by atoms with E-state index in [1.807, 2.05) is 49.3 Å². The van der Waals surface area contributed by atoms with E-state index >= 15 is 0 Å². The van der Waals surface area contributed by atoms with Crippen LogP contribution in [0.5, 0.6) is 0 Å². The summed E-state index contributed by atoms with van der Waals surface area (Å²) in [4.78, 5) is 2.02. The Bertz CT molecular complexity index is 596. The second kappa shape index (κ2) is 6.03. The molecule has 3 N–H and O–H groups in total. The van der Waals surface area contributed by atoms with Gasteiger partial charge in [-0.1, -0.05) is 24.3 Å². The number of nitrogens with two attached hydrogens (primary N) is 1. The van der Waals surface area contributed by atoms with E-state index in [4.69, 9.17) is 5.84 Å². The zero-order chi connectivity index (χ0) is 14.7. The number of nitrogens with one attached hydrogen (secondary N) is 1. The van der Waals surface area contributed by atoms with Crippen LogP contribution in [-0.2, 0) is 0 Å². The summed E-state index contributed by atoms with van der Waals surface area (Å²) in [6.07, 6.45) is 0. The molecule has 3 nitrogen and oxygen atoms in total. The van der Waals surface area contributed by atoms with Gasteiger partial charge in [0.25, 0.3) is 0 Å². The quantitative estimate of drug-likeness (QED) is 0.665. The Hall–Kier alpha value is -1.91. The van der Waals surface area contributed by atoms with Crippen LogP contribution in [0, 0.1) is 12.7 Å². The van der Waals surface area contributed by atoms with Crippen LogP contribution in [0.3, 0.4) is 0 Å². The first-order valence-electron chi connectivity index (χ1n) is 6.52. The van der Waals surface area contributed by atoms with Crippen molar-refractivity contribution in [2.45, 2.75) is 13.0 Å². The highest BCUT2D eigenvalue weighted by molar-refractivity contribution is 5.49. The molecule has 20 heavy (non-hydrogen) atoms. The van der Waals surface area contributed by atoms with Crippen molar-refractivity contribution in [3.05, 3.63) is 65.0 Å². The van der Waals surface area contributed by atoms with Gasteiger partial charge in [0.15, 0.2) is 0 Å². The lowest BCUT2D eigenvalue weighted by Crippen LogP contribution is -2.29. The van der Waals surface area contributed by atoms with Gasteiger partial charge in [0, 0.05) is 19.8 Å². The van der Waals surface area contributed by atoms with Gasteiger partial charge in [-0.3, -0.25) is 5.84 Å². The molecule has 0 aliphatic carbocycles. The van der Waals surface area contributed by atoms with E-state index in [9.17, 15) is 4.39 Å². The second-order valence-electron chi connectivity index (χ2n) is 5.10. The fourth-order valence-corrected chi connectivity index (χ4v) is 2.16. The van der Waals surface area contributed by atoms with Gasteiger partial charge in [0.05, 0.1) is 6.04 Å². The molecule has 0 saturated carbocycles. The minimum absolute atomic E-state index is 0.216. The van der Waals surface area contributed by atoms with E-state index in [1.54, 1.807) is 13.0 Å². The Morgan fingerprint density at radius 3 is 2.40 bits per heavy atom. The fourth-order valence-electron chi connectivity index (χ4n) is 2.16. The molecule has 0 fully saturated rings. The third-order valence-electron chi connectivity index (χ3n) is 3.42. The Labute approximate surface area is 119 Å². The molecular weight excluding hydrogens is 253 g/mol. The van der Waals surface area contributed by atoms with E-state index in [2.05, 4.69) is 5.43 Å². The van der Waals surface area contributed by atoms with Crippen LogP contribution in [0.15, 0.2) is 42.5 Å². The van der Waals surface area contributed by atoms with Crippen LogP contribution >= 0.6 is 0 Å². The molecule has 0 bridgehead atoms. The summed E-state index contributed by atoms with van der Waals surface area (Å²) in [7, 11) is 3.96. The van der Waals surface area contributed by atoms with Gasteiger partial charge in [0.2, 0.25) is 0 Å². The van der Waals surface area contributed by atoms with Gasteiger partial charge in [0.1, 0.15) is 5.82 Å². The van der Waals surface area contributed by atoms with E-state index in [0.717, 1.165) is 16.8 Å². The van der Waals surface area contributed by atoms with E-state index in [0.29, 0.717) is 5.56 Å². The van der Waals surface area contributed by atoms with Gasteiger partial charge < -0.3 is 4.90 Å². The summed E-state index contributed by atoms with van der Waals surface area (Å²) in [5.74, 6) is 5.45. The Morgan fingerprint density at radius 2 is 1.80 bits per heavy atom. The maximum atomic E-state index is 13.7. The Kier molecular flexibility index (Phi) is 4.37. The van der Waals surface area contributed by atoms with Crippen molar-refractivity contribution in [3.63, 3.8) is 0 Å². The number of aryl methyl sites for hydroxylation is 1. The molecule has 4 heteroatoms. The molecule has 1 unspecified atom stereocenters. The van der Waals surface area contributed by atoms with Crippen LogP contribution in [0.1, 0.15) is 22.7 Å². The zero-order valence-corrected chi connectivity index (χ0v) is 12.0. The number of anilines is 1. The Morgan fingerprint density at radius 1 is 1.10 bits per heavy atom. The van der Waals surface area contributed by atoms with Crippen LogP contribution < -0.4 is 16.2 Å². The topological polar surface area (TPSA) is 41.3 Å². The Balaban J connectivity index is 2.41. The molecule has 0 aromatic heterocycles. The monoisotopic (exact) mass is 273 g/mol. The second-order valence-corrected chi connectivity index (χ2v) is 5.10. The summed E-state index contributed by atoms with van der Waals surface area (Å²) in [5, 5.41) is 0. The molecule has 0 amide bonds. The van der Waals surface area contributed by atoms with Crippen LogP contribution in [0.4, 0.5) is 10.1 Å². The molecular formula is C16H20FN3. The minimum atomic E-state index is -0.231. The molecule has 1 atom stereocenters. The molecule has 2 aromatic rings. The molecule has 106 valence electrons. The highest BCUT2D eigenvalue weighted by Crippen LogP contribution is 2.25. The SMILES string of the molecule is Cc1ccc(C(NN)c2cccc(N(C)C)c2)cc1F. The predicted octanol–water partition coefficient (Wildman–Crippen LogP) is 2.75. The average Bonchev–Trinajstić information content (AvgIpc) is 2.44. The number of benzene rings is 2. The maximum absolute atomic E-state index is 13.7. The van der Waals surface area contributed by atoms with Crippen molar-refractivity contribution < 1.29 is 4.39 Å². The van der Waals surface area contributed by atoms with Gasteiger partial charge in [-0.2, -0.15) is 0 Å². The molecule has 0 aliphatic rings. The lowest BCUT2D eigenvalue weighted by Gasteiger charge is -2.20. The van der Waals surface area contributed by atoms with Crippen LogP contribution in [-0.4, -0.2) is 14.1 Å². The van der Waals surface area contributed by atoms with Crippen LogP contribution in [0.25, 0.3) is 0 Å². The third-order valence-corrected chi connectivity index (χ3v) is 3.42. The zero-order valence-electron chi connectivity index (χ0n) is 12.0. The molecule has 0 aliphatic heterocycles. The number of rotatable bonds is 4. The van der Waals surface area contributed by atoms with E-state index in [1.165, 1.54) is 6.07 Å². The van der Waals surface area contributed by atoms with Crippen molar-refractivity contribution >= 4 is 5.69 Å². The molecule has 0 spiro atoms. The molecule has 0 radical (unpaired) electrons. The highest BCUT2D eigenvalue weighted by atomic mass is 19.1. The molecule has 2 rings (SSSR count). The van der Waals surface area contributed by atoms with E-state index < -0.39 is 0 Å². The van der Waals surface area contributed by atoms with Gasteiger partial charge in [-0.15, -0.1) is 0 Å². The lowest BCUT2D eigenvalue weighted by atomic mass is 9.97. The first kappa shape index (κ1) is 14.5. The maximum Gasteiger partial charge on any atom is 0.126 e. The largest absolute Gasteiger partial charge is 0.378 e. The molecule has 0 saturated heterocycles. The highest BCUT2D eigenvalue weighted by Gasteiger charge is 2.14. The number of nitrogens with zero attached hydrogens (tertiary/aromatic N) is 1. The third kappa shape index (κ3) is 2.98. The van der Waals surface area contributed by atoms with Crippen molar-refractivity contribution in [2.75, 3.05) is 19.0 Å². The lowest BCUT2D eigenvalue weighted by molar-refractivity contribution is 0.599. The number of hydrazine groups is 1. The van der Waals surface area contributed by atoms with Gasteiger partial charge in [-0.25, -0.2) is 9.82 Å². The summed E-state index contributed by atoms with van der Waals surface area (Å²) in [5.41, 5.74) is 6.29.